The van der Waals surface area contributed by atoms with Crippen molar-refractivity contribution in [1.29, 1.82) is 0 Å². The molecule has 0 spiro atoms. The number of hydrogen-bond acceptors (Lipinski definition) is 1. The van der Waals surface area contributed by atoms with Crippen LogP contribution in [-0.4, -0.2) is 36.5 Å². The summed E-state index contributed by atoms with van der Waals surface area (Å²) >= 11 is 5.42. The van der Waals surface area contributed by atoms with E-state index < -0.39 is 0 Å². The molecule has 0 aromatic heterocycles. The highest BCUT2D eigenvalue weighted by atomic mass is 35.5. The normalized spacial score (nSPS) is 23.2. The van der Waals surface area contributed by atoms with Gasteiger partial charge in [-0.1, -0.05) is 0 Å². The van der Waals surface area contributed by atoms with Crippen LogP contribution < -0.4 is 0 Å². The fourth-order valence-electron chi connectivity index (χ4n) is 1.42. The number of likely N-dealkylation sites (tertiary alicyclic amines) is 1. The lowest BCUT2D eigenvalue weighted by molar-refractivity contribution is -0.129. The van der Waals surface area contributed by atoms with E-state index in [9.17, 15) is 9.18 Å². The van der Waals surface area contributed by atoms with E-state index in [2.05, 4.69) is 0 Å². The second kappa shape index (κ2) is 4.65. The number of amides is 1. The molecule has 70 valence electrons. The van der Waals surface area contributed by atoms with Crippen LogP contribution in [0.25, 0.3) is 0 Å². The van der Waals surface area contributed by atoms with Gasteiger partial charge < -0.3 is 4.90 Å². The SMILES string of the molecule is O=C(CCCl)N1CC[C@@H](CF)C1. The number of nitrogens with zero attached hydrogens (tertiary/aromatic N) is 1. The van der Waals surface area contributed by atoms with E-state index in [0.29, 0.717) is 25.4 Å². The molecule has 1 atom stereocenters. The van der Waals surface area contributed by atoms with Crippen molar-refractivity contribution < 1.29 is 9.18 Å². The van der Waals surface area contributed by atoms with Crippen molar-refractivity contribution in [2.24, 2.45) is 5.92 Å². The van der Waals surface area contributed by atoms with Gasteiger partial charge in [-0.3, -0.25) is 9.18 Å². The van der Waals surface area contributed by atoms with Gasteiger partial charge in [-0.05, 0) is 6.42 Å². The summed E-state index contributed by atoms with van der Waals surface area (Å²) < 4.78 is 12.2. The molecule has 1 aliphatic heterocycles. The molecule has 0 saturated carbocycles. The lowest BCUT2D eigenvalue weighted by atomic mass is 10.1. The van der Waals surface area contributed by atoms with Gasteiger partial charge in [-0.25, -0.2) is 0 Å². The van der Waals surface area contributed by atoms with Crippen molar-refractivity contribution in [2.45, 2.75) is 12.8 Å². The standard InChI is InChI=1S/C8H13ClFNO/c9-3-1-8(12)11-4-2-7(5-10)6-11/h7H,1-6H2/t7-/m0/s1. The Morgan fingerprint density at radius 3 is 2.92 bits per heavy atom. The quantitative estimate of drug-likeness (QED) is 0.621. The maximum absolute atomic E-state index is 12.2. The minimum atomic E-state index is -0.315. The van der Waals surface area contributed by atoms with Crippen LogP contribution in [0.1, 0.15) is 12.8 Å². The van der Waals surface area contributed by atoms with Crippen molar-refractivity contribution in [3.05, 3.63) is 0 Å². The van der Waals surface area contributed by atoms with Gasteiger partial charge in [0.15, 0.2) is 0 Å². The van der Waals surface area contributed by atoms with Gasteiger partial charge in [0.2, 0.25) is 5.91 Å². The Kier molecular flexibility index (Phi) is 3.79. The van der Waals surface area contributed by atoms with Gasteiger partial charge in [0.1, 0.15) is 0 Å². The van der Waals surface area contributed by atoms with Crippen LogP contribution in [-0.2, 0) is 4.79 Å². The summed E-state index contributed by atoms with van der Waals surface area (Å²) in [6, 6.07) is 0. The molecule has 2 nitrogen and oxygen atoms in total. The first-order valence-electron chi connectivity index (χ1n) is 4.17. The van der Waals surface area contributed by atoms with Crippen molar-refractivity contribution >= 4 is 17.5 Å². The van der Waals surface area contributed by atoms with Crippen LogP contribution >= 0.6 is 11.6 Å². The van der Waals surface area contributed by atoms with Crippen molar-refractivity contribution in [1.82, 2.24) is 4.90 Å². The molecule has 0 radical (unpaired) electrons. The molecule has 0 bridgehead atoms. The van der Waals surface area contributed by atoms with Crippen LogP contribution in [0.2, 0.25) is 0 Å². The first-order chi connectivity index (χ1) is 5.77. The van der Waals surface area contributed by atoms with E-state index in [0.717, 1.165) is 6.42 Å². The lowest BCUT2D eigenvalue weighted by Gasteiger charge is -2.14. The fourth-order valence-corrected chi connectivity index (χ4v) is 1.59. The van der Waals surface area contributed by atoms with Crippen molar-refractivity contribution in [3.8, 4) is 0 Å². The van der Waals surface area contributed by atoms with Crippen molar-refractivity contribution in [2.75, 3.05) is 25.6 Å². The van der Waals surface area contributed by atoms with Gasteiger partial charge in [0, 0.05) is 31.3 Å². The Morgan fingerprint density at radius 1 is 1.67 bits per heavy atom. The third-order valence-corrected chi connectivity index (χ3v) is 2.35. The smallest absolute Gasteiger partial charge is 0.223 e. The Labute approximate surface area is 76.7 Å². The maximum Gasteiger partial charge on any atom is 0.223 e. The molecule has 1 rings (SSSR count). The van der Waals surface area contributed by atoms with Crippen LogP contribution in [0.3, 0.4) is 0 Å². The predicted molar refractivity (Wildman–Crippen MR) is 46.0 cm³/mol. The van der Waals surface area contributed by atoms with Gasteiger partial charge >= 0.3 is 0 Å². The average Bonchev–Trinajstić information content (AvgIpc) is 2.52. The molecule has 1 aliphatic rings. The first-order valence-corrected chi connectivity index (χ1v) is 4.71. The second-order valence-corrected chi connectivity index (χ2v) is 3.47. The predicted octanol–water partition coefficient (Wildman–Crippen LogP) is 1.43. The van der Waals surface area contributed by atoms with E-state index >= 15 is 0 Å². The topological polar surface area (TPSA) is 20.3 Å². The summed E-state index contributed by atoms with van der Waals surface area (Å²) in [4.78, 5) is 12.9. The van der Waals surface area contributed by atoms with Crippen LogP contribution in [0.4, 0.5) is 4.39 Å². The summed E-state index contributed by atoms with van der Waals surface area (Å²) in [5.74, 6) is 0.473. The molecule has 0 aliphatic carbocycles. The average molecular weight is 194 g/mol. The Morgan fingerprint density at radius 2 is 2.42 bits per heavy atom. The number of hydrogen-bond donors (Lipinski definition) is 0. The molecule has 0 N–H and O–H groups in total. The molecule has 1 amide bonds. The van der Waals surface area contributed by atoms with E-state index in [1.54, 1.807) is 4.90 Å². The zero-order chi connectivity index (χ0) is 8.97. The summed E-state index contributed by atoms with van der Waals surface area (Å²) in [5.41, 5.74) is 0. The van der Waals surface area contributed by atoms with Gasteiger partial charge in [-0.2, -0.15) is 0 Å². The zero-order valence-electron chi connectivity index (χ0n) is 6.93. The minimum Gasteiger partial charge on any atom is -0.342 e. The molecular weight excluding hydrogens is 181 g/mol. The van der Waals surface area contributed by atoms with E-state index in [1.807, 2.05) is 0 Å². The monoisotopic (exact) mass is 193 g/mol. The molecule has 1 heterocycles. The third kappa shape index (κ3) is 2.34. The lowest BCUT2D eigenvalue weighted by Crippen LogP contribution is -2.28. The first kappa shape index (κ1) is 9.78. The molecular formula is C8H13ClFNO. The Balaban J connectivity index is 2.31. The summed E-state index contributed by atoms with van der Waals surface area (Å²) in [6.45, 7) is 0.960. The number of carbonyl (C=O) groups is 1. The van der Waals surface area contributed by atoms with E-state index in [1.165, 1.54) is 0 Å². The largest absolute Gasteiger partial charge is 0.342 e. The Bertz CT molecular complexity index is 165. The highest BCUT2D eigenvalue weighted by Crippen LogP contribution is 2.17. The second-order valence-electron chi connectivity index (χ2n) is 3.09. The zero-order valence-corrected chi connectivity index (χ0v) is 7.69. The molecule has 1 saturated heterocycles. The van der Waals surface area contributed by atoms with Crippen LogP contribution in [0, 0.1) is 5.92 Å². The number of rotatable bonds is 3. The molecule has 1 fully saturated rings. The van der Waals surface area contributed by atoms with Crippen molar-refractivity contribution in [3.63, 3.8) is 0 Å². The minimum absolute atomic E-state index is 0.0564. The van der Waals surface area contributed by atoms with Crippen LogP contribution in [0.5, 0.6) is 0 Å². The van der Waals surface area contributed by atoms with E-state index in [4.69, 9.17) is 11.6 Å². The number of alkyl halides is 2. The highest BCUT2D eigenvalue weighted by molar-refractivity contribution is 6.18. The summed E-state index contributed by atoms with van der Waals surface area (Å²) in [5, 5.41) is 0. The fraction of sp³-hybridized carbons (Fsp3) is 0.875. The van der Waals surface area contributed by atoms with E-state index in [-0.39, 0.29) is 18.5 Å². The molecule has 0 aromatic rings. The number of carbonyl (C=O) groups excluding carboxylic acids is 1. The summed E-state index contributed by atoms with van der Waals surface area (Å²) in [7, 11) is 0. The highest BCUT2D eigenvalue weighted by Gasteiger charge is 2.25. The number of halogens is 2. The molecule has 4 heteroatoms. The molecule has 12 heavy (non-hydrogen) atoms. The van der Waals surface area contributed by atoms with Gasteiger partial charge in [0.25, 0.3) is 0 Å². The van der Waals surface area contributed by atoms with Gasteiger partial charge in [-0.15, -0.1) is 11.6 Å². The molecule has 0 aromatic carbocycles. The summed E-state index contributed by atoms with van der Waals surface area (Å²) in [6.07, 6.45) is 1.17. The molecule has 0 unspecified atom stereocenters. The third-order valence-electron chi connectivity index (χ3n) is 2.17. The Hall–Kier alpha value is -0.310. The maximum atomic E-state index is 12.2. The van der Waals surface area contributed by atoms with Gasteiger partial charge in [0.05, 0.1) is 6.67 Å². The van der Waals surface area contributed by atoms with Crippen LogP contribution in [0.15, 0.2) is 0 Å².